The molecule has 1 aromatic carbocycles. The van der Waals surface area contributed by atoms with Crippen molar-refractivity contribution in [3.05, 3.63) is 29.3 Å². The average molecular weight is 245 g/mol. The largest absolute Gasteiger partial charge is 0.465 e. The molecule has 3 rings (SSSR count). The minimum Gasteiger partial charge on any atom is -0.465 e. The van der Waals surface area contributed by atoms with Gasteiger partial charge in [0, 0.05) is 12.1 Å². The number of carbonyl (C=O) groups is 2. The lowest BCUT2D eigenvalue weighted by Crippen LogP contribution is -2.42. The Morgan fingerprint density at radius 1 is 1.50 bits per heavy atom. The first-order valence-corrected chi connectivity index (χ1v) is 5.56. The first kappa shape index (κ1) is 10.8. The summed E-state index contributed by atoms with van der Waals surface area (Å²) in [5, 5.41) is 2.75. The van der Waals surface area contributed by atoms with Crippen LogP contribution in [-0.4, -0.2) is 42.9 Å². The fraction of sp³-hybridized carbons (Fsp3) is 0.250. The molecule has 0 radical (unpaired) electrons. The van der Waals surface area contributed by atoms with Crippen LogP contribution in [0.25, 0.3) is 0 Å². The van der Waals surface area contributed by atoms with Crippen LogP contribution in [0, 0.1) is 0 Å². The lowest BCUT2D eigenvalue weighted by atomic mass is 10.1. The monoisotopic (exact) mass is 245 g/mol. The molecular formula is C12H11N3O3. The molecule has 0 bridgehead atoms. The zero-order chi connectivity index (χ0) is 12.7. The van der Waals surface area contributed by atoms with Gasteiger partial charge in [-0.1, -0.05) is 0 Å². The van der Waals surface area contributed by atoms with Gasteiger partial charge in [-0.05, 0) is 18.2 Å². The summed E-state index contributed by atoms with van der Waals surface area (Å²) in [5.74, 6) is 0.244. The maximum absolute atomic E-state index is 11.8. The van der Waals surface area contributed by atoms with E-state index in [-0.39, 0.29) is 6.03 Å². The van der Waals surface area contributed by atoms with Crippen molar-refractivity contribution in [2.24, 2.45) is 4.99 Å². The predicted octanol–water partition coefficient (Wildman–Crippen LogP) is 1.08. The van der Waals surface area contributed by atoms with Crippen LogP contribution in [0.2, 0.25) is 0 Å². The third-order valence-corrected chi connectivity index (χ3v) is 3.01. The van der Waals surface area contributed by atoms with Crippen molar-refractivity contribution < 1.29 is 14.3 Å². The Morgan fingerprint density at radius 2 is 2.33 bits per heavy atom. The minimum absolute atomic E-state index is 0.208. The second kappa shape index (κ2) is 3.83. The summed E-state index contributed by atoms with van der Waals surface area (Å²) in [5.41, 5.74) is 1.84. The fourth-order valence-electron chi connectivity index (χ4n) is 2.15. The van der Waals surface area contributed by atoms with Crippen LogP contribution in [0.15, 0.2) is 23.2 Å². The molecule has 1 aromatic rings. The Bertz CT molecular complexity index is 580. The number of rotatable bonds is 1. The number of fused-ring (bicyclic) bond motifs is 3. The molecule has 0 saturated carbocycles. The number of amides is 2. The zero-order valence-corrected chi connectivity index (χ0v) is 9.77. The molecule has 0 aromatic heterocycles. The molecule has 0 saturated heterocycles. The minimum atomic E-state index is -0.428. The van der Waals surface area contributed by atoms with E-state index in [1.54, 1.807) is 23.1 Å². The van der Waals surface area contributed by atoms with Gasteiger partial charge in [-0.25, -0.2) is 9.59 Å². The lowest BCUT2D eigenvalue weighted by molar-refractivity contribution is 0.0600. The molecule has 6 heteroatoms. The Labute approximate surface area is 103 Å². The van der Waals surface area contributed by atoms with Crippen molar-refractivity contribution in [2.75, 3.05) is 25.5 Å². The number of nitrogens with one attached hydrogen (secondary N) is 1. The van der Waals surface area contributed by atoms with Gasteiger partial charge in [-0.2, -0.15) is 0 Å². The second-order valence-corrected chi connectivity index (χ2v) is 4.04. The molecule has 18 heavy (non-hydrogen) atoms. The summed E-state index contributed by atoms with van der Waals surface area (Å²) in [6.45, 7) is 1.21. The number of aliphatic imine (C=N–C) groups is 1. The standard InChI is InChI=1S/C12H11N3O3/c1-18-11(16)7-2-3-8-9(6-7)14-12(17)15-5-4-13-10(8)15/h2-3,6H,4-5H2,1H3,(H,14,17). The third-order valence-electron chi connectivity index (χ3n) is 3.01. The normalized spacial score (nSPS) is 16.6. The second-order valence-electron chi connectivity index (χ2n) is 4.04. The van der Waals surface area contributed by atoms with Gasteiger partial charge in [0.25, 0.3) is 0 Å². The van der Waals surface area contributed by atoms with Crippen molar-refractivity contribution in [2.45, 2.75) is 0 Å². The highest BCUT2D eigenvalue weighted by atomic mass is 16.5. The van der Waals surface area contributed by atoms with Crippen LogP contribution in [0.4, 0.5) is 10.5 Å². The maximum atomic E-state index is 11.8. The van der Waals surface area contributed by atoms with Crippen molar-refractivity contribution in [3.8, 4) is 0 Å². The highest BCUT2D eigenvalue weighted by Crippen LogP contribution is 2.27. The molecule has 2 heterocycles. The Kier molecular flexibility index (Phi) is 2.29. The third kappa shape index (κ3) is 1.46. The Morgan fingerprint density at radius 3 is 3.11 bits per heavy atom. The summed E-state index contributed by atoms with van der Waals surface area (Å²) in [7, 11) is 1.32. The van der Waals surface area contributed by atoms with E-state index < -0.39 is 5.97 Å². The quantitative estimate of drug-likeness (QED) is 0.752. The van der Waals surface area contributed by atoms with E-state index in [1.807, 2.05) is 0 Å². The predicted molar refractivity (Wildman–Crippen MR) is 64.9 cm³/mol. The Hall–Kier alpha value is -2.37. The van der Waals surface area contributed by atoms with Crippen LogP contribution < -0.4 is 5.32 Å². The molecular weight excluding hydrogens is 234 g/mol. The van der Waals surface area contributed by atoms with E-state index in [4.69, 9.17) is 0 Å². The van der Waals surface area contributed by atoms with Crippen molar-refractivity contribution in [3.63, 3.8) is 0 Å². The number of anilines is 1. The zero-order valence-electron chi connectivity index (χ0n) is 9.77. The molecule has 0 spiro atoms. The van der Waals surface area contributed by atoms with Gasteiger partial charge in [0.05, 0.1) is 24.9 Å². The smallest absolute Gasteiger partial charge is 0.337 e. The number of amidine groups is 1. The van der Waals surface area contributed by atoms with Gasteiger partial charge in [0.1, 0.15) is 5.84 Å². The number of hydrogen-bond acceptors (Lipinski definition) is 4. The number of carbonyl (C=O) groups excluding carboxylic acids is 2. The summed E-state index contributed by atoms with van der Waals surface area (Å²) in [6, 6.07) is 4.84. The van der Waals surface area contributed by atoms with Gasteiger partial charge in [-0.3, -0.25) is 9.89 Å². The lowest BCUT2D eigenvalue weighted by Gasteiger charge is -2.26. The number of benzene rings is 1. The number of ether oxygens (including phenoxy) is 1. The van der Waals surface area contributed by atoms with Gasteiger partial charge < -0.3 is 10.1 Å². The highest BCUT2D eigenvalue weighted by molar-refractivity contribution is 6.19. The van der Waals surface area contributed by atoms with E-state index in [9.17, 15) is 9.59 Å². The van der Waals surface area contributed by atoms with E-state index >= 15 is 0 Å². The van der Waals surface area contributed by atoms with Crippen LogP contribution in [-0.2, 0) is 4.74 Å². The SMILES string of the molecule is COC(=O)c1ccc2c(c1)NC(=O)N1CCN=C21. The maximum Gasteiger partial charge on any atom is 0.337 e. The topological polar surface area (TPSA) is 71.0 Å². The average Bonchev–Trinajstić information content (AvgIpc) is 2.87. The Balaban J connectivity index is 2.08. The van der Waals surface area contributed by atoms with Gasteiger partial charge in [-0.15, -0.1) is 0 Å². The van der Waals surface area contributed by atoms with Crippen LogP contribution in [0.1, 0.15) is 15.9 Å². The molecule has 0 aliphatic carbocycles. The summed E-state index contributed by atoms with van der Waals surface area (Å²) in [6.07, 6.45) is 0. The molecule has 92 valence electrons. The molecule has 2 amide bonds. The van der Waals surface area contributed by atoms with Gasteiger partial charge >= 0.3 is 12.0 Å². The number of methoxy groups -OCH3 is 1. The van der Waals surface area contributed by atoms with E-state index in [0.29, 0.717) is 30.2 Å². The molecule has 2 aliphatic heterocycles. The highest BCUT2D eigenvalue weighted by Gasteiger charge is 2.31. The molecule has 0 unspecified atom stereocenters. The van der Waals surface area contributed by atoms with Crippen LogP contribution in [0.3, 0.4) is 0 Å². The fourth-order valence-corrected chi connectivity index (χ4v) is 2.15. The molecule has 1 N–H and O–H groups in total. The number of esters is 1. The summed E-state index contributed by atoms with van der Waals surface area (Å²) in [4.78, 5) is 29.1. The summed E-state index contributed by atoms with van der Waals surface area (Å²) < 4.78 is 4.65. The van der Waals surface area contributed by atoms with E-state index in [2.05, 4.69) is 15.0 Å². The summed E-state index contributed by atoms with van der Waals surface area (Å²) >= 11 is 0. The number of nitrogens with zero attached hydrogens (tertiary/aromatic N) is 2. The van der Waals surface area contributed by atoms with Gasteiger partial charge in [0.15, 0.2) is 0 Å². The molecule has 6 nitrogen and oxygen atoms in total. The molecule has 0 atom stereocenters. The van der Waals surface area contributed by atoms with E-state index in [0.717, 1.165) is 5.56 Å². The first-order valence-electron chi connectivity index (χ1n) is 5.56. The number of hydrogen-bond donors (Lipinski definition) is 1. The van der Waals surface area contributed by atoms with Crippen molar-refractivity contribution >= 4 is 23.5 Å². The molecule has 2 aliphatic rings. The van der Waals surface area contributed by atoms with Gasteiger partial charge in [0.2, 0.25) is 0 Å². The van der Waals surface area contributed by atoms with Crippen molar-refractivity contribution in [1.29, 1.82) is 0 Å². The van der Waals surface area contributed by atoms with Crippen LogP contribution in [0.5, 0.6) is 0 Å². The first-order chi connectivity index (χ1) is 8.70. The van der Waals surface area contributed by atoms with Crippen LogP contribution >= 0.6 is 0 Å². The van der Waals surface area contributed by atoms with E-state index in [1.165, 1.54) is 7.11 Å². The number of urea groups is 1. The molecule has 0 fully saturated rings. The van der Waals surface area contributed by atoms with Crippen molar-refractivity contribution in [1.82, 2.24) is 4.90 Å².